The molecular formula is C43H70N12O14S. The summed E-state index contributed by atoms with van der Waals surface area (Å²) >= 11 is 1.85. The van der Waals surface area contributed by atoms with E-state index in [2.05, 4.69) is 63.1 Å². The summed E-state index contributed by atoms with van der Waals surface area (Å²) < 4.78 is 11.0. The third-order valence-corrected chi connectivity index (χ3v) is 12.4. The van der Waals surface area contributed by atoms with Crippen LogP contribution < -0.4 is 53.2 Å². The molecule has 27 heteroatoms. The molecule has 0 saturated carbocycles. The molecule has 9 atom stereocenters. The van der Waals surface area contributed by atoms with E-state index in [0.29, 0.717) is 36.8 Å². The van der Waals surface area contributed by atoms with Crippen molar-refractivity contribution >= 4 is 71.3 Å². The number of aliphatic hydroxyl groups excluding tert-OH is 2. The highest BCUT2D eigenvalue weighted by atomic mass is 32.2. The quantitative estimate of drug-likeness (QED) is 0.0176. The molecule has 2 saturated heterocycles. The number of fused-ring (bicyclic) bond motifs is 1. The molecule has 10 amide bonds. The Morgan fingerprint density at radius 1 is 0.757 bits per heavy atom. The third-order valence-electron chi connectivity index (χ3n) is 10.9. The molecule has 1 aromatic heterocycles. The van der Waals surface area contributed by atoms with E-state index in [9.17, 15) is 58.2 Å². The first-order valence-corrected chi connectivity index (χ1v) is 24.3. The summed E-state index contributed by atoms with van der Waals surface area (Å²) in [6.45, 7) is 5.78. The number of nitrogens with one attached hydrogen (secondary N) is 11. The number of imidazole rings is 1. The zero-order valence-electron chi connectivity index (χ0n) is 40.0. The molecule has 70 heavy (non-hydrogen) atoms. The maximum absolute atomic E-state index is 13.3. The zero-order chi connectivity index (χ0) is 51.6. The van der Waals surface area contributed by atoms with Crippen LogP contribution in [0.2, 0.25) is 0 Å². The fourth-order valence-corrected chi connectivity index (χ4v) is 8.67. The molecule has 2 aliphatic rings. The summed E-state index contributed by atoms with van der Waals surface area (Å²) in [7, 11) is 0. The summed E-state index contributed by atoms with van der Waals surface area (Å²) in [5, 5.41) is 45.9. The second-order valence-electron chi connectivity index (χ2n) is 17.1. The number of rotatable bonds is 34. The molecule has 392 valence electrons. The fourth-order valence-electron chi connectivity index (χ4n) is 7.13. The number of urea groups is 1. The van der Waals surface area contributed by atoms with Gasteiger partial charge in [-0.05, 0) is 32.6 Å². The van der Waals surface area contributed by atoms with Crippen LogP contribution in [0.4, 0.5) is 4.79 Å². The Bertz CT molecular complexity index is 1890. The highest BCUT2D eigenvalue weighted by Gasteiger charge is 2.42. The molecule has 0 aliphatic carbocycles. The van der Waals surface area contributed by atoms with Gasteiger partial charge in [-0.3, -0.25) is 38.4 Å². The van der Waals surface area contributed by atoms with Crippen LogP contribution in [-0.4, -0.2) is 192 Å². The van der Waals surface area contributed by atoms with Crippen molar-refractivity contribution in [3.05, 3.63) is 18.2 Å². The number of carbonyl (C=O) groups excluding carboxylic acids is 10. The van der Waals surface area contributed by atoms with Gasteiger partial charge in [0.1, 0.15) is 30.5 Å². The van der Waals surface area contributed by atoms with Crippen molar-refractivity contribution in [2.24, 2.45) is 5.92 Å². The zero-order valence-corrected chi connectivity index (χ0v) is 40.8. The van der Waals surface area contributed by atoms with Gasteiger partial charge in [-0.15, -0.1) is 0 Å². The van der Waals surface area contributed by atoms with E-state index in [1.165, 1.54) is 26.4 Å². The number of unbranched alkanes of at least 4 members (excludes halogenated alkanes) is 1. The van der Waals surface area contributed by atoms with Gasteiger partial charge in [-0.25, -0.2) is 9.78 Å². The predicted molar refractivity (Wildman–Crippen MR) is 251 cm³/mol. The van der Waals surface area contributed by atoms with Gasteiger partial charge in [0.25, 0.3) is 0 Å². The van der Waals surface area contributed by atoms with Crippen LogP contribution in [0.15, 0.2) is 12.5 Å². The molecule has 2 fully saturated rings. The van der Waals surface area contributed by atoms with Gasteiger partial charge >= 0.3 is 6.03 Å². The van der Waals surface area contributed by atoms with E-state index in [-0.39, 0.29) is 69.6 Å². The SMILES string of the molecule is CC(C=O)NC(=O)[C@H](CO)NC(=O)[C@@H](NC(=O)[C@@H](NC(=O)CNC(=O)[C@H](Cc1cnc[nH]1)NC(=O)CCC(=O)NCCOCCOCCNC(=O)CCCCC1SC[C@@H]2NC(=O)N[C@H]12)C(C)C)C(C)O. The average Bonchev–Trinajstić information content (AvgIpc) is 4.07. The average molecular weight is 1010 g/mol. The maximum Gasteiger partial charge on any atom is 0.315 e. The van der Waals surface area contributed by atoms with Crippen LogP contribution in [0.3, 0.4) is 0 Å². The van der Waals surface area contributed by atoms with Crippen LogP contribution in [0.25, 0.3) is 0 Å². The number of hydrogen-bond donors (Lipinski definition) is 13. The number of aromatic nitrogens is 2. The van der Waals surface area contributed by atoms with Crippen LogP contribution in [-0.2, 0) is 59.0 Å². The van der Waals surface area contributed by atoms with Crippen molar-refractivity contribution < 1.29 is 67.6 Å². The van der Waals surface area contributed by atoms with Crippen LogP contribution in [0, 0.1) is 5.92 Å². The number of aldehydes is 1. The minimum atomic E-state index is -1.64. The molecule has 2 aliphatic heterocycles. The largest absolute Gasteiger partial charge is 0.394 e. The summed E-state index contributed by atoms with van der Waals surface area (Å²) in [6.07, 6.45) is 4.24. The molecule has 0 radical (unpaired) electrons. The van der Waals surface area contributed by atoms with Gasteiger partial charge in [0.2, 0.25) is 47.3 Å². The van der Waals surface area contributed by atoms with E-state index in [0.717, 1.165) is 25.0 Å². The number of nitrogens with zero attached hydrogens (tertiary/aromatic N) is 1. The number of H-pyrrole nitrogens is 1. The van der Waals surface area contributed by atoms with E-state index >= 15 is 0 Å². The normalized spacial score (nSPS) is 18.6. The van der Waals surface area contributed by atoms with Gasteiger partial charge in [0, 0.05) is 61.7 Å². The highest BCUT2D eigenvalue weighted by molar-refractivity contribution is 8.00. The maximum atomic E-state index is 13.3. The van der Waals surface area contributed by atoms with Crippen molar-refractivity contribution in [1.82, 2.24) is 63.1 Å². The molecule has 13 N–H and O–H groups in total. The van der Waals surface area contributed by atoms with E-state index in [4.69, 9.17) is 9.47 Å². The number of ether oxygens (including phenoxy) is 2. The number of aliphatic hydroxyl groups is 2. The first-order chi connectivity index (χ1) is 33.4. The molecule has 26 nitrogen and oxygen atoms in total. The first kappa shape index (κ1) is 58.4. The van der Waals surface area contributed by atoms with Crippen molar-refractivity contribution in [2.75, 3.05) is 58.4 Å². The second kappa shape index (κ2) is 31.4. The second-order valence-corrected chi connectivity index (χ2v) is 18.4. The molecule has 0 bridgehead atoms. The lowest BCUT2D eigenvalue weighted by Gasteiger charge is -2.27. The van der Waals surface area contributed by atoms with Crippen molar-refractivity contribution in [2.45, 2.75) is 126 Å². The Kier molecular flexibility index (Phi) is 26.2. The van der Waals surface area contributed by atoms with Crippen LogP contribution >= 0.6 is 11.8 Å². The van der Waals surface area contributed by atoms with Crippen molar-refractivity contribution in [3.8, 4) is 0 Å². The lowest BCUT2D eigenvalue weighted by molar-refractivity contribution is -0.137. The molecule has 3 unspecified atom stereocenters. The Morgan fingerprint density at radius 2 is 1.41 bits per heavy atom. The minimum Gasteiger partial charge on any atom is -0.394 e. The van der Waals surface area contributed by atoms with Gasteiger partial charge in [-0.1, -0.05) is 20.3 Å². The van der Waals surface area contributed by atoms with Crippen LogP contribution in [0.1, 0.15) is 71.9 Å². The van der Waals surface area contributed by atoms with Gasteiger partial charge in [0.05, 0.1) is 70.1 Å². The third kappa shape index (κ3) is 21.4. The molecular weight excluding hydrogens is 941 g/mol. The highest BCUT2D eigenvalue weighted by Crippen LogP contribution is 2.33. The monoisotopic (exact) mass is 1010 g/mol. The first-order valence-electron chi connectivity index (χ1n) is 23.3. The van der Waals surface area contributed by atoms with Crippen LogP contribution in [0.5, 0.6) is 0 Å². The fraction of sp³-hybridized carbons (Fsp3) is 0.698. The number of carbonyl (C=O) groups is 10. The molecule has 1 aromatic rings. The summed E-state index contributed by atoms with van der Waals surface area (Å²) in [5.41, 5.74) is 0.477. The Balaban J connectivity index is 1.31. The number of amides is 10. The number of thioether (sulfide) groups is 1. The Labute approximate surface area is 409 Å². The van der Waals surface area contributed by atoms with Gasteiger partial charge in [0.15, 0.2) is 0 Å². The standard InChI is InChI=1S/C43H70N12O14S/c1-24(2)36(41(65)54-37(26(4)58)42(66)51-29(21-57)40(64)49-25(3)20-56)53-35(62)19-47-39(63)28(17-27-18-44-23-48-27)50-34(61)10-9-33(60)46-12-14-69-16-15-68-13-11-45-32(59)8-6-5-7-31-38-30(22-70-31)52-43(67)55-38/h18,20,23-26,28-31,36-38,57-58H,5-17,19,21-22H2,1-4H3,(H,44,48)(H,45,59)(H,46,60)(H,47,63)(H,49,64)(H,50,61)(H,51,66)(H,53,62)(H,54,65)(H2,52,55,67)/t25?,26?,28-,29-,30-,31?,36-,37-,38-/m0/s1. The number of hydrogen-bond acceptors (Lipinski definition) is 16. The number of aromatic amines is 1. The summed E-state index contributed by atoms with van der Waals surface area (Å²) in [6, 6.07) is -6.33. The Morgan fingerprint density at radius 3 is 2.03 bits per heavy atom. The van der Waals surface area contributed by atoms with E-state index in [1.807, 2.05) is 11.8 Å². The lowest BCUT2D eigenvalue weighted by Crippen LogP contribution is -2.61. The van der Waals surface area contributed by atoms with Gasteiger partial charge in [-0.2, -0.15) is 11.8 Å². The lowest BCUT2D eigenvalue weighted by atomic mass is 10.0. The van der Waals surface area contributed by atoms with E-state index in [1.54, 1.807) is 13.8 Å². The summed E-state index contributed by atoms with van der Waals surface area (Å²) in [4.78, 5) is 132. The topological polar surface area (TPSA) is 379 Å². The molecule has 3 heterocycles. The predicted octanol–water partition coefficient (Wildman–Crippen LogP) is -4.49. The van der Waals surface area contributed by atoms with Gasteiger partial charge < -0.3 is 82.6 Å². The molecule has 3 rings (SSSR count). The van der Waals surface area contributed by atoms with Crippen molar-refractivity contribution in [1.29, 1.82) is 0 Å². The molecule has 0 spiro atoms. The summed E-state index contributed by atoms with van der Waals surface area (Å²) in [5.74, 6) is -5.20. The van der Waals surface area contributed by atoms with Crippen molar-refractivity contribution in [3.63, 3.8) is 0 Å². The van der Waals surface area contributed by atoms with E-state index < -0.39 is 96.7 Å². The Hall–Kier alpha value is -5.90. The minimum absolute atomic E-state index is 0.0482. The smallest absolute Gasteiger partial charge is 0.315 e. The molecule has 0 aromatic carbocycles.